The Hall–Kier alpha value is -3.24. The summed E-state index contributed by atoms with van der Waals surface area (Å²) in [7, 11) is -13.8. The van der Waals surface area contributed by atoms with E-state index in [-0.39, 0.29) is 61.6 Å². The molecule has 346 valence electrons. The van der Waals surface area contributed by atoms with Crippen molar-refractivity contribution < 1.29 is 90.4 Å². The van der Waals surface area contributed by atoms with Crippen molar-refractivity contribution >= 4 is 91.3 Å². The number of aliphatic hydroxyl groups is 1. The van der Waals surface area contributed by atoms with Gasteiger partial charge in [-0.25, -0.2) is 23.7 Å². The summed E-state index contributed by atoms with van der Waals surface area (Å²) in [5.74, 6) is 2.29. The van der Waals surface area contributed by atoms with Gasteiger partial charge in [-0.2, -0.15) is 8.62 Å². The molecule has 0 radical (unpaired) electrons. The third kappa shape index (κ3) is 18.5. The van der Waals surface area contributed by atoms with E-state index < -0.39 is 90.7 Å². The van der Waals surface area contributed by atoms with Gasteiger partial charge < -0.3 is 55.2 Å². The third-order valence-corrected chi connectivity index (χ3v) is 15.1. The number of carbonyl (C=O) groups is 5. The van der Waals surface area contributed by atoms with Crippen molar-refractivity contribution in [3.8, 4) is 11.8 Å². The number of amides is 1. The van der Waals surface area contributed by atoms with E-state index in [1.54, 1.807) is 6.92 Å². The molecule has 0 aromatic carbocycles. The largest absolute Gasteiger partial charge is 0.490 e. The van der Waals surface area contributed by atoms with E-state index in [2.05, 4.69) is 40.3 Å². The maximum Gasteiger partial charge on any atom is 0.490 e. The number of hydrogen-bond acceptors (Lipinski definition) is 18. The number of hydrogen-bond donors (Lipinski definition) is 9. The fraction of sp³-hybridized carbons (Fsp3) is 0.606. The fourth-order valence-electron chi connectivity index (χ4n) is 5.88. The van der Waals surface area contributed by atoms with Crippen molar-refractivity contribution in [3.05, 3.63) is 18.1 Å². The standard InChI is InChI=1S/C33H48N5O19P3S2/c1-19(24(40)13-22(14-29(44)45)33(46)37-20(2)12-28(42)43)6-5-10-61-62-11-9-23(39)8-4-3-7-21-16-38(32-30(21)31(34)35-18-36-32)27-15-25(41)26(55-27)17-54-59(50,51)57-60(52,53)56-58(47,48)49/h16,18-20,22,25-27,41H,4-6,8-15,17H2,1-2H3,(H,37,46)(H,42,43)(H,44,45)(H,50,51)(H,52,53)(H2,34,35,36)(H2,47,48,49)/t19?,20?,22?,25?,26-,27-/m1/s1. The molecule has 0 spiro atoms. The van der Waals surface area contributed by atoms with Gasteiger partial charge in [0.05, 0.1) is 42.4 Å². The molecule has 10 N–H and O–H groups in total. The summed E-state index contributed by atoms with van der Waals surface area (Å²) < 4.78 is 53.8. The molecule has 3 rings (SSSR count). The molecule has 1 fully saturated rings. The van der Waals surface area contributed by atoms with Crippen LogP contribution in [0.2, 0.25) is 0 Å². The van der Waals surface area contributed by atoms with Crippen LogP contribution in [0.1, 0.15) is 83.4 Å². The number of fused-ring (bicyclic) bond motifs is 1. The number of Topliss-reactive ketones (excluding diaryl/α,β-unsaturated/α-hetero) is 2. The topological polar surface area (TPSA) is 384 Å². The van der Waals surface area contributed by atoms with Crippen LogP contribution in [0.3, 0.4) is 0 Å². The van der Waals surface area contributed by atoms with Crippen molar-refractivity contribution in [2.45, 2.75) is 96.1 Å². The summed E-state index contributed by atoms with van der Waals surface area (Å²) in [4.78, 5) is 105. The first-order valence-electron chi connectivity index (χ1n) is 18.6. The van der Waals surface area contributed by atoms with Gasteiger partial charge in [0.1, 0.15) is 41.7 Å². The summed E-state index contributed by atoms with van der Waals surface area (Å²) in [5.41, 5.74) is 6.75. The van der Waals surface area contributed by atoms with E-state index in [9.17, 15) is 57.7 Å². The molecule has 1 saturated heterocycles. The minimum absolute atomic E-state index is 0.0234. The highest BCUT2D eigenvalue weighted by molar-refractivity contribution is 8.76. The molecule has 8 atom stereocenters. The molecule has 2 aromatic rings. The molecule has 2 aromatic heterocycles. The van der Waals surface area contributed by atoms with E-state index in [4.69, 9.17) is 25.4 Å². The number of nitrogen functional groups attached to an aromatic ring is 1. The Balaban J connectivity index is 1.43. The van der Waals surface area contributed by atoms with Gasteiger partial charge in [0.25, 0.3) is 0 Å². The minimum Gasteiger partial charge on any atom is -0.481 e. The molecule has 62 heavy (non-hydrogen) atoms. The number of phosphoric ester groups is 1. The van der Waals surface area contributed by atoms with Crippen LogP contribution in [-0.4, -0.2) is 115 Å². The van der Waals surface area contributed by atoms with Gasteiger partial charge in [0.2, 0.25) is 5.91 Å². The van der Waals surface area contributed by atoms with Crippen LogP contribution in [0.25, 0.3) is 11.0 Å². The molecule has 24 nitrogen and oxygen atoms in total. The number of aromatic nitrogens is 3. The average molecular weight is 976 g/mol. The molecule has 0 saturated carbocycles. The third-order valence-electron chi connectivity index (χ3n) is 8.79. The highest BCUT2D eigenvalue weighted by Gasteiger charge is 2.43. The van der Waals surface area contributed by atoms with Crippen LogP contribution in [0.5, 0.6) is 0 Å². The van der Waals surface area contributed by atoms with Crippen LogP contribution in [0.4, 0.5) is 5.82 Å². The lowest BCUT2D eigenvalue weighted by Gasteiger charge is -2.19. The molecule has 0 aliphatic carbocycles. The zero-order valence-corrected chi connectivity index (χ0v) is 37.5. The first-order chi connectivity index (χ1) is 28.9. The molecule has 1 aliphatic rings. The van der Waals surface area contributed by atoms with Crippen LogP contribution >= 0.6 is 45.1 Å². The molecule has 1 aliphatic heterocycles. The highest BCUT2D eigenvalue weighted by Crippen LogP contribution is 2.66. The molecular formula is C33H48N5O19P3S2. The average Bonchev–Trinajstić information content (AvgIpc) is 3.69. The second-order valence-corrected chi connectivity index (χ2v) is 21.1. The van der Waals surface area contributed by atoms with E-state index in [0.29, 0.717) is 35.3 Å². The van der Waals surface area contributed by atoms with Gasteiger partial charge in [0, 0.05) is 61.8 Å². The van der Waals surface area contributed by atoms with Crippen LogP contribution in [0, 0.1) is 23.7 Å². The van der Waals surface area contributed by atoms with E-state index in [0.717, 1.165) is 0 Å². The second kappa shape index (κ2) is 24.2. The summed E-state index contributed by atoms with van der Waals surface area (Å²) >= 11 is 0. The number of carboxylic acids is 2. The summed E-state index contributed by atoms with van der Waals surface area (Å²) in [5, 5.41) is 31.5. The van der Waals surface area contributed by atoms with E-state index in [1.165, 1.54) is 45.6 Å². The Bertz CT molecular complexity index is 2150. The second-order valence-electron chi connectivity index (χ2n) is 14.0. The van der Waals surface area contributed by atoms with Gasteiger partial charge in [-0.1, -0.05) is 40.4 Å². The molecule has 3 heterocycles. The maximum absolute atomic E-state index is 12.8. The van der Waals surface area contributed by atoms with Crippen molar-refractivity contribution in [1.82, 2.24) is 19.9 Å². The normalized spacial score (nSPS) is 20.0. The lowest BCUT2D eigenvalue weighted by atomic mass is 9.90. The Morgan fingerprint density at radius 2 is 1.66 bits per heavy atom. The fourth-order valence-corrected chi connectivity index (χ4v) is 11.1. The van der Waals surface area contributed by atoms with Crippen LogP contribution < -0.4 is 11.1 Å². The molecule has 6 unspecified atom stereocenters. The highest BCUT2D eigenvalue weighted by atomic mass is 33.1. The molecule has 29 heteroatoms. The first kappa shape index (κ1) is 53.1. The Morgan fingerprint density at radius 3 is 2.32 bits per heavy atom. The van der Waals surface area contributed by atoms with Gasteiger partial charge >= 0.3 is 35.4 Å². The van der Waals surface area contributed by atoms with E-state index >= 15 is 0 Å². The molecule has 1 amide bonds. The maximum atomic E-state index is 12.8. The zero-order chi connectivity index (χ0) is 46.4. The van der Waals surface area contributed by atoms with Crippen LogP contribution in [-0.2, 0) is 55.5 Å². The van der Waals surface area contributed by atoms with Gasteiger partial charge in [-0.3, -0.25) is 28.5 Å². The predicted molar refractivity (Wildman–Crippen MR) is 221 cm³/mol. The first-order valence-corrected chi connectivity index (χ1v) is 25.6. The number of phosphoric acid groups is 3. The van der Waals surface area contributed by atoms with Gasteiger partial charge in [-0.05, 0) is 19.8 Å². The van der Waals surface area contributed by atoms with Crippen molar-refractivity contribution in [2.75, 3.05) is 23.8 Å². The van der Waals surface area contributed by atoms with E-state index in [1.807, 2.05) is 0 Å². The monoisotopic (exact) mass is 975 g/mol. The number of nitrogens with zero attached hydrogens (tertiary/aromatic N) is 3. The van der Waals surface area contributed by atoms with Gasteiger partial charge in [-0.15, -0.1) is 0 Å². The summed E-state index contributed by atoms with van der Waals surface area (Å²) in [6.07, 6.45) is -0.319. The number of aliphatic hydroxyl groups excluding tert-OH is 1. The molecular weight excluding hydrogens is 927 g/mol. The lowest BCUT2D eigenvalue weighted by Crippen LogP contribution is -2.40. The minimum atomic E-state index is -5.75. The smallest absolute Gasteiger partial charge is 0.481 e. The number of anilines is 1. The predicted octanol–water partition coefficient (Wildman–Crippen LogP) is 2.92. The SMILES string of the molecule is CC(CC(=O)O)NC(=O)C(CC(=O)O)CC(=O)C(C)CCCSSCCC(=O)CCC#Cc1cn([C@H]2CC(O)[C@@H](COP(=O)(O)OP(=O)(O)OP(=O)(O)O)O2)c2ncnc(N)c12. The summed E-state index contributed by atoms with van der Waals surface area (Å²) in [6.45, 7) is 2.31. The van der Waals surface area contributed by atoms with Crippen molar-refractivity contribution in [3.63, 3.8) is 0 Å². The molecule has 0 bridgehead atoms. The number of aliphatic carboxylic acids is 2. The zero-order valence-electron chi connectivity index (χ0n) is 33.2. The Morgan fingerprint density at radius 1 is 0.984 bits per heavy atom. The van der Waals surface area contributed by atoms with Gasteiger partial charge in [0.15, 0.2) is 0 Å². The number of rotatable bonds is 27. The number of ether oxygens (including phenoxy) is 1. The Kier molecular flexibility index (Phi) is 20.7. The quantitative estimate of drug-likeness (QED) is 0.0269. The number of carboxylic acid groups (broad SMARTS) is 2. The van der Waals surface area contributed by atoms with Crippen LogP contribution in [0.15, 0.2) is 12.5 Å². The number of nitrogens with two attached hydrogens (primary N) is 1. The number of nitrogens with one attached hydrogen (secondary N) is 1. The number of carbonyl (C=O) groups excluding carboxylic acids is 3. The lowest BCUT2D eigenvalue weighted by molar-refractivity contribution is -0.143. The van der Waals surface area contributed by atoms with Crippen molar-refractivity contribution in [2.24, 2.45) is 11.8 Å². The van der Waals surface area contributed by atoms with Crippen molar-refractivity contribution in [1.29, 1.82) is 0 Å². The number of ketones is 2. The Labute approximate surface area is 362 Å². The summed E-state index contributed by atoms with van der Waals surface area (Å²) in [6, 6.07) is -0.729.